The Morgan fingerprint density at radius 2 is 2.07 bits per heavy atom. The Hall–Kier alpha value is -1.13. The summed E-state index contributed by atoms with van der Waals surface area (Å²) in [7, 11) is 0. The first-order valence-corrected chi connectivity index (χ1v) is 5.77. The minimum absolute atomic E-state index is 0.498. The Morgan fingerprint density at radius 1 is 1.33 bits per heavy atom. The number of benzene rings is 1. The van der Waals surface area contributed by atoms with E-state index in [1.807, 2.05) is 36.5 Å². The van der Waals surface area contributed by atoms with Crippen LogP contribution in [0, 0.1) is 0 Å². The molecule has 0 saturated carbocycles. The van der Waals surface area contributed by atoms with Gasteiger partial charge in [-0.05, 0) is 12.1 Å². The second-order valence-electron chi connectivity index (χ2n) is 3.22. The molecule has 15 heavy (non-hydrogen) atoms. The number of halogens is 1. The fourth-order valence-corrected chi connectivity index (χ4v) is 1.69. The summed E-state index contributed by atoms with van der Waals surface area (Å²) in [6, 6.07) is 9.81. The maximum atomic E-state index is 9.59. The van der Waals surface area contributed by atoms with E-state index in [2.05, 4.69) is 21.0 Å². The predicted octanol–water partition coefficient (Wildman–Crippen LogP) is 2.30. The van der Waals surface area contributed by atoms with Crippen LogP contribution in [0.4, 0.5) is 0 Å². The van der Waals surface area contributed by atoms with E-state index >= 15 is 0 Å². The van der Waals surface area contributed by atoms with Crippen LogP contribution in [0.1, 0.15) is 11.7 Å². The van der Waals surface area contributed by atoms with Crippen molar-refractivity contribution in [2.75, 3.05) is 5.33 Å². The second-order valence-corrected chi connectivity index (χ2v) is 3.87. The molecule has 4 heteroatoms. The maximum absolute atomic E-state index is 9.59. The van der Waals surface area contributed by atoms with Crippen LogP contribution >= 0.6 is 15.9 Å². The SMILES string of the molecule is O[C@H](CBr)c1cnn(-c2ccccc2)c1. The Labute approximate surface area is 96.5 Å². The van der Waals surface area contributed by atoms with Crippen LogP contribution in [0.25, 0.3) is 5.69 Å². The van der Waals surface area contributed by atoms with Crippen molar-refractivity contribution in [3.63, 3.8) is 0 Å². The molecule has 0 fully saturated rings. The van der Waals surface area contributed by atoms with Gasteiger partial charge in [0.05, 0.1) is 18.0 Å². The number of aromatic nitrogens is 2. The van der Waals surface area contributed by atoms with Gasteiger partial charge in [-0.15, -0.1) is 0 Å². The lowest BCUT2D eigenvalue weighted by molar-refractivity contribution is 0.205. The molecule has 1 atom stereocenters. The number of nitrogens with zero attached hydrogens (tertiary/aromatic N) is 2. The van der Waals surface area contributed by atoms with Crippen LogP contribution < -0.4 is 0 Å². The predicted molar refractivity (Wildman–Crippen MR) is 62.3 cm³/mol. The zero-order valence-electron chi connectivity index (χ0n) is 8.05. The zero-order valence-corrected chi connectivity index (χ0v) is 9.63. The summed E-state index contributed by atoms with van der Waals surface area (Å²) < 4.78 is 1.75. The van der Waals surface area contributed by atoms with E-state index in [9.17, 15) is 5.11 Å². The van der Waals surface area contributed by atoms with Crippen molar-refractivity contribution >= 4 is 15.9 Å². The van der Waals surface area contributed by atoms with Crippen molar-refractivity contribution < 1.29 is 5.11 Å². The van der Waals surface area contributed by atoms with Crippen molar-refractivity contribution in [3.05, 3.63) is 48.3 Å². The van der Waals surface area contributed by atoms with E-state index < -0.39 is 6.10 Å². The van der Waals surface area contributed by atoms with Gasteiger partial charge in [0, 0.05) is 17.1 Å². The minimum Gasteiger partial charge on any atom is -0.387 e. The summed E-state index contributed by atoms with van der Waals surface area (Å²) in [5.74, 6) is 0. The minimum atomic E-state index is -0.498. The highest BCUT2D eigenvalue weighted by molar-refractivity contribution is 9.09. The first kappa shape index (κ1) is 10.4. The van der Waals surface area contributed by atoms with Gasteiger partial charge in [-0.3, -0.25) is 0 Å². The van der Waals surface area contributed by atoms with Crippen LogP contribution in [0.15, 0.2) is 42.7 Å². The Bertz CT molecular complexity index is 427. The van der Waals surface area contributed by atoms with Crippen molar-refractivity contribution in [1.29, 1.82) is 0 Å². The molecule has 78 valence electrons. The highest BCUT2D eigenvalue weighted by Gasteiger charge is 2.08. The normalized spacial score (nSPS) is 12.7. The molecule has 0 bridgehead atoms. The van der Waals surface area contributed by atoms with Crippen LogP contribution in [0.3, 0.4) is 0 Å². The van der Waals surface area contributed by atoms with Crippen molar-refractivity contribution in [2.45, 2.75) is 6.10 Å². The average Bonchev–Trinajstić information content (AvgIpc) is 2.78. The fourth-order valence-electron chi connectivity index (χ4n) is 1.32. The van der Waals surface area contributed by atoms with Crippen molar-refractivity contribution in [3.8, 4) is 5.69 Å². The lowest BCUT2D eigenvalue weighted by Crippen LogP contribution is -1.96. The number of hydrogen-bond donors (Lipinski definition) is 1. The standard InChI is InChI=1S/C11H11BrN2O/c12-6-11(15)9-7-13-14(8-9)10-4-2-1-3-5-10/h1-5,7-8,11,15H,6H2/t11-/m1/s1. The molecule has 0 aliphatic carbocycles. The number of hydrogen-bond acceptors (Lipinski definition) is 2. The van der Waals surface area contributed by atoms with E-state index in [0.717, 1.165) is 11.3 Å². The molecule has 1 heterocycles. The third kappa shape index (κ3) is 2.27. The number of aliphatic hydroxyl groups excluding tert-OH is 1. The van der Waals surface area contributed by atoms with E-state index in [4.69, 9.17) is 0 Å². The van der Waals surface area contributed by atoms with E-state index in [1.165, 1.54) is 0 Å². The number of aliphatic hydroxyl groups is 1. The van der Waals surface area contributed by atoms with Gasteiger partial charge in [-0.25, -0.2) is 4.68 Å². The maximum Gasteiger partial charge on any atom is 0.0917 e. The summed E-state index contributed by atoms with van der Waals surface area (Å²) in [4.78, 5) is 0. The highest BCUT2D eigenvalue weighted by Crippen LogP contribution is 2.15. The van der Waals surface area contributed by atoms with Crippen molar-refractivity contribution in [2.24, 2.45) is 0 Å². The van der Waals surface area contributed by atoms with Crippen LogP contribution in [0.2, 0.25) is 0 Å². The van der Waals surface area contributed by atoms with E-state index in [1.54, 1.807) is 10.9 Å². The molecule has 1 aromatic heterocycles. The number of alkyl halides is 1. The molecule has 0 spiro atoms. The van der Waals surface area contributed by atoms with Gasteiger partial charge in [-0.2, -0.15) is 5.10 Å². The van der Waals surface area contributed by atoms with Crippen molar-refractivity contribution in [1.82, 2.24) is 9.78 Å². The summed E-state index contributed by atoms with van der Waals surface area (Å²) in [5.41, 5.74) is 1.81. The smallest absolute Gasteiger partial charge is 0.0917 e. The number of para-hydroxylation sites is 1. The lowest BCUT2D eigenvalue weighted by atomic mass is 10.2. The Balaban J connectivity index is 2.28. The van der Waals surface area contributed by atoms with Gasteiger partial charge >= 0.3 is 0 Å². The molecule has 0 radical (unpaired) electrons. The molecule has 3 nitrogen and oxygen atoms in total. The Kier molecular flexibility index (Phi) is 3.18. The van der Waals surface area contributed by atoms with Gasteiger partial charge < -0.3 is 5.11 Å². The molecule has 0 aliphatic heterocycles. The molecule has 1 N–H and O–H groups in total. The molecule has 0 saturated heterocycles. The monoisotopic (exact) mass is 266 g/mol. The topological polar surface area (TPSA) is 38.1 Å². The second kappa shape index (κ2) is 4.59. The van der Waals surface area contributed by atoms with Gasteiger partial charge in [0.25, 0.3) is 0 Å². The third-order valence-corrected chi connectivity index (χ3v) is 2.77. The number of rotatable bonds is 3. The first-order chi connectivity index (χ1) is 7.31. The molecule has 0 amide bonds. The molecule has 0 aliphatic rings. The van der Waals surface area contributed by atoms with Crippen LogP contribution in [0.5, 0.6) is 0 Å². The summed E-state index contributed by atoms with van der Waals surface area (Å²) >= 11 is 3.23. The van der Waals surface area contributed by atoms with Gasteiger partial charge in [0.1, 0.15) is 0 Å². The summed E-state index contributed by atoms with van der Waals surface area (Å²) in [5, 5.41) is 14.3. The zero-order chi connectivity index (χ0) is 10.7. The lowest BCUT2D eigenvalue weighted by Gasteiger charge is -2.02. The molecule has 2 aromatic rings. The summed E-state index contributed by atoms with van der Waals surface area (Å²) in [6.07, 6.45) is 3.02. The average molecular weight is 267 g/mol. The molecular weight excluding hydrogens is 256 g/mol. The molecule has 1 aromatic carbocycles. The van der Waals surface area contributed by atoms with Crippen LogP contribution in [-0.4, -0.2) is 20.2 Å². The third-order valence-electron chi connectivity index (χ3n) is 2.15. The van der Waals surface area contributed by atoms with Crippen LogP contribution in [-0.2, 0) is 0 Å². The molecular formula is C11H11BrN2O. The quantitative estimate of drug-likeness (QED) is 0.866. The summed E-state index contributed by atoms with van der Waals surface area (Å²) in [6.45, 7) is 0. The Morgan fingerprint density at radius 3 is 2.73 bits per heavy atom. The highest BCUT2D eigenvalue weighted by atomic mass is 79.9. The largest absolute Gasteiger partial charge is 0.387 e. The fraction of sp³-hybridized carbons (Fsp3) is 0.182. The first-order valence-electron chi connectivity index (χ1n) is 4.65. The van der Waals surface area contributed by atoms with Gasteiger partial charge in [0.2, 0.25) is 0 Å². The van der Waals surface area contributed by atoms with E-state index in [0.29, 0.717) is 5.33 Å². The molecule has 2 rings (SSSR count). The molecule has 0 unspecified atom stereocenters. The van der Waals surface area contributed by atoms with Gasteiger partial charge in [-0.1, -0.05) is 34.1 Å². The van der Waals surface area contributed by atoms with Gasteiger partial charge in [0.15, 0.2) is 0 Å². The van der Waals surface area contributed by atoms with E-state index in [-0.39, 0.29) is 0 Å².